The molecule has 450 valence electrons. The highest BCUT2D eigenvalue weighted by molar-refractivity contribution is 5.87. The van der Waals surface area contributed by atoms with E-state index in [0.29, 0.717) is 5.56 Å². The maximum absolute atomic E-state index is 14.2. The number of hydrogen-bond acceptors (Lipinski definition) is 26. The van der Waals surface area contributed by atoms with Crippen LogP contribution in [0.5, 0.6) is 0 Å². The fraction of sp³-hybridized carbons (Fsp3) is 0.745. The van der Waals surface area contributed by atoms with Gasteiger partial charge in [0.1, 0.15) is 85.9 Å². The highest BCUT2D eigenvalue weighted by Crippen LogP contribution is 2.24. The molecule has 0 radical (unpaired) electrons. The summed E-state index contributed by atoms with van der Waals surface area (Å²) in [5, 5.41) is 142. The maximum atomic E-state index is 14.2. The van der Waals surface area contributed by atoms with Crippen LogP contribution >= 0.6 is 0 Å². The molecule has 32 nitrogen and oxygen atoms in total. The summed E-state index contributed by atoms with van der Waals surface area (Å²) in [6, 6.07) is 5.92. The number of carboxylic acids is 1. The fourth-order valence-electron chi connectivity index (χ4n) is 8.29. The molecular formula is C47H76N6O26. The molecule has 0 bridgehead atoms. The maximum Gasteiger partial charge on any atom is 0.408 e. The number of carbonyl (C=O) groups is 6. The van der Waals surface area contributed by atoms with Crippen LogP contribution in [0.1, 0.15) is 37.7 Å². The lowest BCUT2D eigenvalue weighted by Crippen LogP contribution is -2.59. The molecule has 3 heterocycles. The van der Waals surface area contributed by atoms with Crippen molar-refractivity contribution in [2.45, 2.75) is 143 Å². The fourth-order valence-corrected chi connectivity index (χ4v) is 8.29. The van der Waals surface area contributed by atoms with Crippen molar-refractivity contribution in [3.8, 4) is 0 Å². The van der Waals surface area contributed by atoms with Crippen LogP contribution in [0.15, 0.2) is 30.3 Å². The summed E-state index contributed by atoms with van der Waals surface area (Å²) in [6.45, 7) is -5.82. The summed E-state index contributed by atoms with van der Waals surface area (Å²) in [5.74, 6) is -4.39. The van der Waals surface area contributed by atoms with Gasteiger partial charge in [0, 0.05) is 32.6 Å². The van der Waals surface area contributed by atoms with Crippen molar-refractivity contribution < 1.29 is 128 Å². The van der Waals surface area contributed by atoms with Gasteiger partial charge < -0.3 is 126 Å². The van der Waals surface area contributed by atoms with E-state index in [2.05, 4.69) is 26.6 Å². The lowest BCUT2D eigenvalue weighted by atomic mass is 9.99. The Hall–Kier alpha value is -4.92. The van der Waals surface area contributed by atoms with E-state index in [1.165, 1.54) is 4.90 Å². The molecule has 18 N–H and O–H groups in total. The van der Waals surface area contributed by atoms with Crippen molar-refractivity contribution in [1.29, 1.82) is 0 Å². The SMILES string of the molecule is O=C(O)CC[C@H](NC(=O)OCc1ccccc1)C(=O)NCCCC[C@@H](C(=O)NCCO[C@H]1O[C@H](CO)[C@@H](O)[C@H](O)[C@@H]1O)N(CC(=O)NCCO[C@H]1O[C@H](CO)[C@@H](O)[C@H](O)[C@@H]1O)CC(=O)NCCO[C@H]1O[C@H](CO)[C@@H](O)[C@H](O)[C@@H]1O. The highest BCUT2D eigenvalue weighted by atomic mass is 16.7. The van der Waals surface area contributed by atoms with Gasteiger partial charge in [0.2, 0.25) is 23.6 Å². The van der Waals surface area contributed by atoms with E-state index in [0.717, 1.165) is 0 Å². The lowest BCUT2D eigenvalue weighted by Gasteiger charge is -2.39. The Kier molecular flexibility index (Phi) is 29.0. The molecule has 3 fully saturated rings. The zero-order valence-electron chi connectivity index (χ0n) is 43.0. The molecule has 3 aliphatic heterocycles. The van der Waals surface area contributed by atoms with Gasteiger partial charge in [0.25, 0.3) is 0 Å². The highest BCUT2D eigenvalue weighted by Gasteiger charge is 2.46. The quantitative estimate of drug-likeness (QED) is 0.0291. The molecular weight excluding hydrogens is 1060 g/mol. The zero-order chi connectivity index (χ0) is 58.2. The number of nitrogens with one attached hydrogen (secondary N) is 5. The number of hydrogen-bond donors (Lipinski definition) is 18. The van der Waals surface area contributed by atoms with E-state index in [9.17, 15) is 95.2 Å². The van der Waals surface area contributed by atoms with Gasteiger partial charge in [-0.25, -0.2) is 4.79 Å². The van der Waals surface area contributed by atoms with E-state index in [1.807, 2.05) is 0 Å². The number of carboxylic acid groups (broad SMARTS) is 1. The van der Waals surface area contributed by atoms with Gasteiger partial charge in [0.15, 0.2) is 18.9 Å². The number of ether oxygens (including phenoxy) is 7. The Labute approximate surface area is 452 Å². The Bertz CT molecular complexity index is 1960. The third kappa shape index (κ3) is 21.2. The van der Waals surface area contributed by atoms with Gasteiger partial charge >= 0.3 is 12.1 Å². The molecule has 0 saturated carbocycles. The first kappa shape index (κ1) is 66.6. The van der Waals surface area contributed by atoms with Crippen LogP contribution in [0.2, 0.25) is 0 Å². The van der Waals surface area contributed by atoms with Crippen LogP contribution in [0, 0.1) is 0 Å². The number of benzene rings is 1. The summed E-state index contributed by atoms with van der Waals surface area (Å²) in [4.78, 5) is 79.8. The predicted molar refractivity (Wildman–Crippen MR) is 261 cm³/mol. The standard InChI is InChI=1S/C47H76N6O26/c54-20-27-33(61)36(64)39(67)44(77-27)73-15-12-48-30(57)18-53(19-31(58)49-13-16-74-45-40(68)37(65)34(62)28(21-55)78-45)26(43(71)51-14-17-75-46-41(69)38(66)35(63)29(22-56)79-46)8-4-5-11-50-42(70)25(9-10-32(59)60)52-47(72)76-23-24-6-2-1-3-7-24/h1-3,6-7,25-29,33-41,44-46,54-56,61-69H,4-5,8-23H2,(H,48,57)(H,49,58)(H,50,70)(H,51,71)(H,52,72)(H,59,60)/t25-,26-,27+,28+,29+,33+,34+,35+,36-,37-,38-,39-,40-,41-,44-,45-,46-/m0/s1. The van der Waals surface area contributed by atoms with Gasteiger partial charge in [-0.05, 0) is 31.2 Å². The number of nitrogens with zero attached hydrogens (tertiary/aromatic N) is 1. The number of aliphatic carboxylic acids is 1. The molecule has 0 aliphatic carbocycles. The second-order valence-electron chi connectivity index (χ2n) is 18.6. The molecule has 4 rings (SSSR count). The third-order valence-corrected chi connectivity index (χ3v) is 12.8. The molecule has 32 heteroatoms. The van der Waals surface area contributed by atoms with Gasteiger partial charge in [-0.15, -0.1) is 0 Å². The van der Waals surface area contributed by atoms with Gasteiger partial charge in [-0.3, -0.25) is 28.9 Å². The largest absolute Gasteiger partial charge is 0.481 e. The second-order valence-corrected chi connectivity index (χ2v) is 18.6. The molecule has 1 aromatic carbocycles. The zero-order valence-corrected chi connectivity index (χ0v) is 43.0. The van der Waals surface area contributed by atoms with E-state index >= 15 is 0 Å². The molecule has 1 aromatic rings. The van der Waals surface area contributed by atoms with Crippen LogP contribution in [0.4, 0.5) is 4.79 Å². The molecule has 5 amide bonds. The summed E-state index contributed by atoms with van der Waals surface area (Å²) >= 11 is 0. The van der Waals surface area contributed by atoms with Crippen molar-refractivity contribution in [2.75, 3.05) is 78.9 Å². The summed E-state index contributed by atoms with van der Waals surface area (Å²) < 4.78 is 37.5. The van der Waals surface area contributed by atoms with Gasteiger partial charge in [-0.1, -0.05) is 30.3 Å². The van der Waals surface area contributed by atoms with Crippen LogP contribution in [0.25, 0.3) is 0 Å². The first-order valence-electron chi connectivity index (χ1n) is 25.5. The number of alkyl carbamates (subject to hydrolysis) is 1. The third-order valence-electron chi connectivity index (χ3n) is 12.8. The molecule has 17 atom stereocenters. The first-order valence-corrected chi connectivity index (χ1v) is 25.5. The van der Waals surface area contributed by atoms with Crippen molar-refractivity contribution in [1.82, 2.24) is 31.5 Å². The minimum atomic E-state index is -1.77. The summed E-state index contributed by atoms with van der Waals surface area (Å²) in [5.41, 5.74) is 0.650. The van der Waals surface area contributed by atoms with E-state index in [1.54, 1.807) is 30.3 Å². The Morgan fingerprint density at radius 2 is 0.962 bits per heavy atom. The van der Waals surface area contributed by atoms with Crippen LogP contribution in [0.3, 0.4) is 0 Å². The average molecular weight is 1140 g/mol. The average Bonchev–Trinajstić information content (AvgIpc) is 3.44. The van der Waals surface area contributed by atoms with Crippen LogP contribution < -0.4 is 26.6 Å². The van der Waals surface area contributed by atoms with E-state index in [-0.39, 0.29) is 71.7 Å². The topological polar surface area (TPSA) is 493 Å². The number of aliphatic hydroxyl groups excluding tert-OH is 12. The van der Waals surface area contributed by atoms with Crippen molar-refractivity contribution >= 4 is 35.7 Å². The first-order chi connectivity index (χ1) is 37.7. The molecule has 0 aromatic heterocycles. The minimum absolute atomic E-state index is 0.0890. The second kappa shape index (κ2) is 34.4. The van der Waals surface area contributed by atoms with Crippen molar-refractivity contribution in [2.24, 2.45) is 0 Å². The van der Waals surface area contributed by atoms with Crippen molar-refractivity contribution in [3.63, 3.8) is 0 Å². The van der Waals surface area contributed by atoms with Gasteiger partial charge in [-0.2, -0.15) is 0 Å². The summed E-state index contributed by atoms with van der Waals surface area (Å²) in [7, 11) is 0. The minimum Gasteiger partial charge on any atom is -0.481 e. The van der Waals surface area contributed by atoms with E-state index < -0.39 is 186 Å². The summed E-state index contributed by atoms with van der Waals surface area (Å²) in [6.07, 6.45) is -25.7. The number of carbonyl (C=O) groups excluding carboxylic acids is 5. The molecule has 3 saturated heterocycles. The van der Waals surface area contributed by atoms with Crippen molar-refractivity contribution in [3.05, 3.63) is 35.9 Å². The monoisotopic (exact) mass is 1140 g/mol. The van der Waals surface area contributed by atoms with Gasteiger partial charge in [0.05, 0.1) is 58.8 Å². The van der Waals surface area contributed by atoms with Crippen LogP contribution in [-0.4, -0.2) is 290 Å². The smallest absolute Gasteiger partial charge is 0.408 e. The van der Waals surface area contributed by atoms with Crippen LogP contribution in [-0.2, 0) is 63.7 Å². The molecule has 3 aliphatic rings. The Morgan fingerprint density at radius 3 is 1.39 bits per heavy atom. The molecule has 0 unspecified atom stereocenters. The Balaban J connectivity index is 1.47. The number of unbranched alkanes of at least 4 members (excludes halogenated alkanes) is 1. The molecule has 0 spiro atoms. The normalized spacial score (nSPS) is 29.7. The predicted octanol–water partition coefficient (Wildman–Crippen LogP) is -9.10. The number of aliphatic hydroxyl groups is 12. The number of amides is 5. The molecule has 79 heavy (non-hydrogen) atoms. The lowest BCUT2D eigenvalue weighted by molar-refractivity contribution is -0.300. The Morgan fingerprint density at radius 1 is 0.532 bits per heavy atom. The van der Waals surface area contributed by atoms with E-state index in [4.69, 9.17) is 33.2 Å². The number of rotatable bonds is 33.